The lowest BCUT2D eigenvalue weighted by atomic mass is 9.84. The van der Waals surface area contributed by atoms with Gasteiger partial charge in [-0.1, -0.05) is 180 Å². The van der Waals surface area contributed by atoms with Gasteiger partial charge >= 0.3 is 0 Å². The maximum absolute atomic E-state index is 12.0. The first-order valence-corrected chi connectivity index (χ1v) is 17.1. The van der Waals surface area contributed by atoms with Crippen molar-refractivity contribution >= 4 is 11.9 Å². The zero-order valence-electron chi connectivity index (χ0n) is 26.1. The van der Waals surface area contributed by atoms with E-state index in [9.17, 15) is 19.8 Å². The lowest BCUT2D eigenvalue weighted by Crippen LogP contribution is -2.31. The Morgan fingerprint density at radius 3 is 1.20 bits per heavy atom. The molecule has 0 aliphatic heterocycles. The summed E-state index contributed by atoms with van der Waals surface area (Å²) in [7, 11) is 0. The van der Waals surface area contributed by atoms with Gasteiger partial charge in [0.25, 0.3) is 0 Å². The molecule has 1 aromatic rings. The summed E-state index contributed by atoms with van der Waals surface area (Å²) in [6.45, 7) is 4.50. The van der Waals surface area contributed by atoms with Gasteiger partial charge in [-0.3, -0.25) is 0 Å². The molecule has 4 nitrogen and oxygen atoms in total. The monoisotopic (exact) mass is 556 g/mol. The number of unbranched alkanes of at least 4 members (excludes halogenated alkanes) is 21. The SMILES string of the molecule is CCCCCCCCCCCCCCCCCC(CCCCCCCCCC)c1cccc(C(=O)[O-])c1C(=O)[O-]. The Balaban J connectivity index is 2.42. The minimum absolute atomic E-state index is 0.0502. The molecule has 0 N–H and O–H groups in total. The van der Waals surface area contributed by atoms with Crippen molar-refractivity contribution in [1.29, 1.82) is 0 Å². The lowest BCUT2D eigenvalue weighted by molar-refractivity contribution is -0.259. The van der Waals surface area contributed by atoms with Gasteiger partial charge in [-0.2, -0.15) is 0 Å². The first-order chi connectivity index (χ1) is 19.5. The van der Waals surface area contributed by atoms with Crippen LogP contribution in [0, 0.1) is 0 Å². The Hall–Kier alpha value is -1.84. The minimum atomic E-state index is -1.45. The molecular weight excluding hydrogens is 496 g/mol. The molecule has 1 aromatic carbocycles. The van der Waals surface area contributed by atoms with Gasteiger partial charge in [0.2, 0.25) is 0 Å². The van der Waals surface area contributed by atoms with E-state index < -0.39 is 11.9 Å². The van der Waals surface area contributed by atoms with E-state index in [0.717, 1.165) is 38.5 Å². The number of hydrogen-bond acceptors (Lipinski definition) is 4. The van der Waals surface area contributed by atoms with E-state index in [1.165, 1.54) is 128 Å². The predicted octanol–water partition coefficient (Wildman–Crippen LogP) is 9.29. The van der Waals surface area contributed by atoms with Crippen molar-refractivity contribution in [2.45, 2.75) is 180 Å². The van der Waals surface area contributed by atoms with Gasteiger partial charge in [-0.15, -0.1) is 0 Å². The van der Waals surface area contributed by atoms with Gasteiger partial charge < -0.3 is 19.8 Å². The maximum atomic E-state index is 12.0. The highest BCUT2D eigenvalue weighted by Gasteiger charge is 2.19. The van der Waals surface area contributed by atoms with E-state index in [1.807, 2.05) is 0 Å². The van der Waals surface area contributed by atoms with Crippen LogP contribution in [0.5, 0.6) is 0 Å². The molecular formula is C36H60O4-2. The molecule has 0 radical (unpaired) electrons. The summed E-state index contributed by atoms with van der Waals surface area (Å²) >= 11 is 0. The summed E-state index contributed by atoms with van der Waals surface area (Å²) < 4.78 is 0. The number of benzene rings is 1. The topological polar surface area (TPSA) is 80.3 Å². The van der Waals surface area contributed by atoms with Crippen molar-refractivity contribution in [3.05, 3.63) is 34.9 Å². The van der Waals surface area contributed by atoms with E-state index >= 15 is 0 Å². The van der Waals surface area contributed by atoms with Crippen molar-refractivity contribution < 1.29 is 19.8 Å². The summed E-state index contributed by atoms with van der Waals surface area (Å²) in [6.07, 6.45) is 31.4. The Kier molecular flexibility index (Phi) is 22.5. The molecule has 0 heterocycles. The molecule has 1 unspecified atom stereocenters. The molecule has 0 saturated carbocycles. The Labute approximate surface area is 246 Å². The van der Waals surface area contributed by atoms with E-state index in [0.29, 0.717) is 5.56 Å². The van der Waals surface area contributed by atoms with E-state index in [1.54, 1.807) is 12.1 Å². The fourth-order valence-electron chi connectivity index (χ4n) is 6.05. The Morgan fingerprint density at radius 1 is 0.525 bits per heavy atom. The largest absolute Gasteiger partial charge is 0.545 e. The standard InChI is InChI=1S/C36H62O4/c1-3-5-7-9-11-13-14-15-16-17-18-19-21-23-25-28-31(27-24-22-20-12-10-8-6-4-2)32-29-26-30-33(35(37)38)34(32)36(39)40/h26,29-31H,3-25,27-28H2,1-2H3,(H,37,38)(H,39,40)/p-2. The van der Waals surface area contributed by atoms with Crippen LogP contribution >= 0.6 is 0 Å². The highest BCUT2D eigenvalue weighted by atomic mass is 16.4. The molecule has 0 aliphatic carbocycles. The Morgan fingerprint density at radius 2 is 0.875 bits per heavy atom. The van der Waals surface area contributed by atoms with Crippen LogP contribution < -0.4 is 10.2 Å². The molecule has 230 valence electrons. The fourth-order valence-corrected chi connectivity index (χ4v) is 6.05. The number of carboxylic acid groups (broad SMARTS) is 2. The second-order valence-corrected chi connectivity index (χ2v) is 12.0. The molecule has 0 saturated heterocycles. The number of aromatic carboxylic acids is 2. The number of carbonyl (C=O) groups excluding carboxylic acids is 2. The summed E-state index contributed by atoms with van der Waals surface area (Å²) in [5, 5.41) is 23.6. The van der Waals surface area contributed by atoms with E-state index in [2.05, 4.69) is 13.8 Å². The van der Waals surface area contributed by atoms with Gasteiger partial charge in [-0.05, 0) is 24.3 Å². The van der Waals surface area contributed by atoms with Gasteiger partial charge in [0.15, 0.2) is 0 Å². The first kappa shape index (κ1) is 36.2. The molecule has 1 rings (SSSR count). The second-order valence-electron chi connectivity index (χ2n) is 12.0. The number of rotatable bonds is 28. The lowest BCUT2D eigenvalue weighted by Gasteiger charge is -2.24. The molecule has 4 heteroatoms. The van der Waals surface area contributed by atoms with Crippen LogP contribution in [0.25, 0.3) is 0 Å². The van der Waals surface area contributed by atoms with Crippen molar-refractivity contribution in [1.82, 2.24) is 0 Å². The molecule has 0 bridgehead atoms. The highest BCUT2D eigenvalue weighted by molar-refractivity contribution is 6.01. The third kappa shape index (κ3) is 17.1. The molecule has 0 fully saturated rings. The average Bonchev–Trinajstić information content (AvgIpc) is 2.94. The molecule has 40 heavy (non-hydrogen) atoms. The van der Waals surface area contributed by atoms with E-state index in [4.69, 9.17) is 0 Å². The quantitative estimate of drug-likeness (QED) is 0.0963. The van der Waals surface area contributed by atoms with Gasteiger partial charge in [0.05, 0.1) is 11.9 Å². The number of carbonyl (C=O) groups is 2. The van der Waals surface area contributed by atoms with Crippen LogP contribution in [0.4, 0.5) is 0 Å². The maximum Gasteiger partial charge on any atom is 0.0724 e. The first-order valence-electron chi connectivity index (χ1n) is 17.1. The van der Waals surface area contributed by atoms with Crippen molar-refractivity contribution in [2.75, 3.05) is 0 Å². The third-order valence-electron chi connectivity index (χ3n) is 8.52. The molecule has 1 atom stereocenters. The zero-order chi connectivity index (χ0) is 29.3. The van der Waals surface area contributed by atoms with Gasteiger partial charge in [0, 0.05) is 11.1 Å². The van der Waals surface area contributed by atoms with Crippen LogP contribution in [-0.2, 0) is 0 Å². The minimum Gasteiger partial charge on any atom is -0.545 e. The van der Waals surface area contributed by atoms with Crippen molar-refractivity contribution in [3.8, 4) is 0 Å². The smallest absolute Gasteiger partial charge is 0.0724 e. The highest BCUT2D eigenvalue weighted by Crippen LogP contribution is 2.32. The van der Waals surface area contributed by atoms with Crippen molar-refractivity contribution in [3.63, 3.8) is 0 Å². The van der Waals surface area contributed by atoms with Crippen LogP contribution in [0.1, 0.15) is 207 Å². The van der Waals surface area contributed by atoms with Gasteiger partial charge in [-0.25, -0.2) is 0 Å². The van der Waals surface area contributed by atoms with Crippen LogP contribution in [0.15, 0.2) is 18.2 Å². The van der Waals surface area contributed by atoms with Crippen LogP contribution in [0.3, 0.4) is 0 Å². The van der Waals surface area contributed by atoms with Crippen LogP contribution in [0.2, 0.25) is 0 Å². The van der Waals surface area contributed by atoms with Crippen molar-refractivity contribution in [2.24, 2.45) is 0 Å². The number of carboxylic acids is 2. The second kappa shape index (κ2) is 24.9. The normalized spacial score (nSPS) is 12.1. The summed E-state index contributed by atoms with van der Waals surface area (Å²) in [6, 6.07) is 4.77. The third-order valence-corrected chi connectivity index (χ3v) is 8.52. The van der Waals surface area contributed by atoms with Crippen LogP contribution in [-0.4, -0.2) is 11.9 Å². The average molecular weight is 557 g/mol. The summed E-state index contributed by atoms with van der Waals surface area (Å²) in [5.74, 6) is -2.81. The molecule has 0 aliphatic rings. The predicted molar refractivity (Wildman–Crippen MR) is 165 cm³/mol. The zero-order valence-corrected chi connectivity index (χ0v) is 26.1. The molecule has 0 spiro atoms. The molecule has 0 aromatic heterocycles. The number of hydrogen-bond donors (Lipinski definition) is 0. The molecule has 0 amide bonds. The summed E-state index contributed by atoms with van der Waals surface area (Å²) in [5.41, 5.74) is 0.193. The van der Waals surface area contributed by atoms with E-state index in [-0.39, 0.29) is 17.0 Å². The van der Waals surface area contributed by atoms with Gasteiger partial charge in [0.1, 0.15) is 0 Å². The fraction of sp³-hybridized carbons (Fsp3) is 0.778. The Bertz CT molecular complexity index is 772. The summed E-state index contributed by atoms with van der Waals surface area (Å²) in [4.78, 5) is 23.6.